The van der Waals surface area contributed by atoms with Gasteiger partial charge in [-0.2, -0.15) is 0 Å². The summed E-state index contributed by atoms with van der Waals surface area (Å²) >= 11 is 0. The monoisotopic (exact) mass is 741 g/mol. The second-order valence-electron chi connectivity index (χ2n) is 14.7. The third kappa shape index (κ3) is 5.07. The molecule has 0 aliphatic rings. The van der Waals surface area contributed by atoms with Crippen molar-refractivity contribution in [1.82, 2.24) is 15.0 Å². The van der Waals surface area contributed by atoms with E-state index in [1.165, 1.54) is 21.9 Å². The van der Waals surface area contributed by atoms with Crippen LogP contribution in [0.15, 0.2) is 197 Å². The van der Waals surface area contributed by atoms with Crippen molar-refractivity contribution in [2.45, 2.75) is 0 Å². The number of para-hydroxylation sites is 1. The van der Waals surface area contributed by atoms with Crippen LogP contribution in [0.1, 0.15) is 0 Å². The van der Waals surface area contributed by atoms with Gasteiger partial charge < -0.3 is 8.83 Å². The molecule has 0 radical (unpaired) electrons. The third-order valence-electron chi connectivity index (χ3n) is 11.4. The molecule has 0 saturated carbocycles. The van der Waals surface area contributed by atoms with Gasteiger partial charge in [0.1, 0.15) is 22.3 Å². The van der Waals surface area contributed by atoms with Gasteiger partial charge in [0.2, 0.25) is 0 Å². The zero-order valence-corrected chi connectivity index (χ0v) is 31.1. The lowest BCUT2D eigenvalue weighted by atomic mass is 9.92. The maximum Gasteiger partial charge on any atom is 0.164 e. The topological polar surface area (TPSA) is 65.0 Å². The maximum atomic E-state index is 6.78. The largest absolute Gasteiger partial charge is 0.456 e. The van der Waals surface area contributed by atoms with Crippen LogP contribution in [0, 0.1) is 0 Å². The Kier molecular flexibility index (Phi) is 7.16. The lowest BCUT2D eigenvalue weighted by Gasteiger charge is -2.11. The first-order valence-electron chi connectivity index (χ1n) is 19.4. The fourth-order valence-electron chi connectivity index (χ4n) is 8.67. The van der Waals surface area contributed by atoms with Gasteiger partial charge in [-0.05, 0) is 62.7 Å². The number of hydrogen-bond donors (Lipinski definition) is 0. The number of furan rings is 2. The van der Waals surface area contributed by atoms with Crippen LogP contribution in [0.4, 0.5) is 0 Å². The van der Waals surface area contributed by atoms with Crippen LogP contribution in [0.25, 0.3) is 122 Å². The molecule has 0 bridgehead atoms. The van der Waals surface area contributed by atoms with Crippen LogP contribution >= 0.6 is 0 Å². The van der Waals surface area contributed by atoms with Crippen LogP contribution < -0.4 is 0 Å². The van der Waals surface area contributed by atoms with Gasteiger partial charge in [-0.25, -0.2) is 15.0 Å². The average molecular weight is 742 g/mol. The van der Waals surface area contributed by atoms with Gasteiger partial charge in [0, 0.05) is 43.6 Å². The molecule has 5 heteroatoms. The second-order valence-corrected chi connectivity index (χ2v) is 14.7. The van der Waals surface area contributed by atoms with E-state index in [1.54, 1.807) is 0 Å². The Morgan fingerprint density at radius 1 is 0.293 bits per heavy atom. The molecule has 58 heavy (non-hydrogen) atoms. The van der Waals surface area contributed by atoms with E-state index in [4.69, 9.17) is 23.8 Å². The summed E-state index contributed by atoms with van der Waals surface area (Å²) in [5, 5.41) is 8.61. The summed E-state index contributed by atoms with van der Waals surface area (Å²) in [5.41, 5.74) is 10.5. The van der Waals surface area contributed by atoms with E-state index in [-0.39, 0.29) is 0 Å². The molecule has 0 N–H and O–H groups in total. The molecule has 3 aromatic heterocycles. The molecule has 0 aliphatic carbocycles. The average Bonchev–Trinajstić information content (AvgIpc) is 3.88. The molecule has 5 nitrogen and oxygen atoms in total. The molecular weight excluding hydrogens is 711 g/mol. The van der Waals surface area contributed by atoms with Gasteiger partial charge in [0.05, 0.1) is 0 Å². The summed E-state index contributed by atoms with van der Waals surface area (Å²) in [7, 11) is 0. The molecule has 0 atom stereocenters. The molecular formula is C53H31N3O2. The standard InChI is InChI=1S/C53H31N3O2/c1-2-14-35(15-3-1)51-54-52(41-22-11-25-46-48(41)40-20-8-9-24-45(40)57-46)56-53(55-51)42-23-12-26-47-49(42)44-31-43(38-18-6-7-19-39(38)50(44)58-47)34-29-27-33(28-30-34)37-21-10-16-32-13-4-5-17-36(32)37/h1-31H. The minimum absolute atomic E-state index is 0.566. The van der Waals surface area contributed by atoms with Crippen LogP contribution in [-0.4, -0.2) is 15.0 Å². The highest BCUT2D eigenvalue weighted by Gasteiger charge is 2.22. The summed E-state index contributed by atoms with van der Waals surface area (Å²) in [5.74, 6) is 1.73. The van der Waals surface area contributed by atoms with E-state index in [1.807, 2.05) is 72.8 Å². The summed E-state index contributed by atoms with van der Waals surface area (Å²) in [6.07, 6.45) is 0. The second kappa shape index (κ2) is 12.8. The number of aromatic nitrogens is 3. The molecule has 3 heterocycles. The predicted molar refractivity (Wildman–Crippen MR) is 237 cm³/mol. The van der Waals surface area contributed by atoms with Crippen LogP contribution in [-0.2, 0) is 0 Å². The molecule has 270 valence electrons. The Balaban J connectivity index is 1.08. The molecule has 0 saturated heterocycles. The van der Waals surface area contributed by atoms with Crippen LogP contribution in [0.5, 0.6) is 0 Å². The number of fused-ring (bicyclic) bond motifs is 9. The maximum absolute atomic E-state index is 6.78. The van der Waals surface area contributed by atoms with E-state index in [0.29, 0.717) is 17.5 Å². The Morgan fingerprint density at radius 3 is 1.57 bits per heavy atom. The number of hydrogen-bond acceptors (Lipinski definition) is 5. The van der Waals surface area contributed by atoms with E-state index in [0.717, 1.165) is 82.5 Å². The molecule has 0 unspecified atom stereocenters. The van der Waals surface area contributed by atoms with E-state index in [2.05, 4.69) is 115 Å². The minimum atomic E-state index is 0.566. The van der Waals surface area contributed by atoms with Gasteiger partial charge in [-0.15, -0.1) is 0 Å². The van der Waals surface area contributed by atoms with E-state index in [9.17, 15) is 0 Å². The summed E-state index contributed by atoms with van der Waals surface area (Å²) in [6.45, 7) is 0. The third-order valence-corrected chi connectivity index (χ3v) is 11.4. The van der Waals surface area contributed by atoms with Gasteiger partial charge in [-0.1, -0.05) is 164 Å². The lowest BCUT2D eigenvalue weighted by molar-refractivity contribution is 0.669. The quantitative estimate of drug-likeness (QED) is 0.176. The van der Waals surface area contributed by atoms with Gasteiger partial charge in [0.25, 0.3) is 0 Å². The van der Waals surface area contributed by atoms with Crippen molar-refractivity contribution in [1.29, 1.82) is 0 Å². The molecule has 9 aromatic carbocycles. The Labute approximate surface area is 332 Å². The summed E-state index contributed by atoms with van der Waals surface area (Å²) in [4.78, 5) is 15.6. The minimum Gasteiger partial charge on any atom is -0.456 e. The van der Waals surface area contributed by atoms with Crippen LogP contribution in [0.3, 0.4) is 0 Å². The number of rotatable bonds is 5. The zero-order chi connectivity index (χ0) is 38.2. The predicted octanol–water partition coefficient (Wildman–Crippen LogP) is 14.3. The molecule has 0 spiro atoms. The smallest absolute Gasteiger partial charge is 0.164 e. The Hall–Kier alpha value is -7.89. The molecule has 0 amide bonds. The molecule has 0 aliphatic heterocycles. The number of benzene rings is 9. The molecule has 12 aromatic rings. The van der Waals surface area contributed by atoms with Crippen molar-refractivity contribution in [3.63, 3.8) is 0 Å². The first-order chi connectivity index (χ1) is 28.7. The Bertz CT molecular complexity index is 3560. The zero-order valence-electron chi connectivity index (χ0n) is 31.1. The Morgan fingerprint density at radius 2 is 0.810 bits per heavy atom. The normalized spacial score (nSPS) is 11.8. The first-order valence-corrected chi connectivity index (χ1v) is 19.4. The van der Waals surface area contributed by atoms with Crippen molar-refractivity contribution in [2.75, 3.05) is 0 Å². The highest BCUT2D eigenvalue weighted by molar-refractivity contribution is 6.22. The SMILES string of the molecule is c1ccc(-c2nc(-c3cccc4oc5ccccc5c34)nc(-c3cccc4oc5c6ccccc6c(-c6ccc(-c7cccc8ccccc78)cc6)cc5c34)n2)cc1. The first kappa shape index (κ1) is 32.4. The van der Waals surface area contributed by atoms with Crippen molar-refractivity contribution >= 4 is 65.4 Å². The summed E-state index contributed by atoms with van der Waals surface area (Å²) < 4.78 is 13.1. The van der Waals surface area contributed by atoms with Gasteiger partial charge in [0.15, 0.2) is 17.5 Å². The van der Waals surface area contributed by atoms with Crippen LogP contribution in [0.2, 0.25) is 0 Å². The number of nitrogens with zero attached hydrogens (tertiary/aromatic N) is 3. The van der Waals surface area contributed by atoms with Crippen molar-refractivity contribution in [3.8, 4) is 56.4 Å². The van der Waals surface area contributed by atoms with Gasteiger partial charge >= 0.3 is 0 Å². The molecule has 12 rings (SSSR count). The van der Waals surface area contributed by atoms with Crippen molar-refractivity contribution in [2.24, 2.45) is 0 Å². The van der Waals surface area contributed by atoms with Crippen molar-refractivity contribution < 1.29 is 8.83 Å². The van der Waals surface area contributed by atoms with E-state index < -0.39 is 0 Å². The molecule has 0 fully saturated rings. The highest BCUT2D eigenvalue weighted by Crippen LogP contribution is 2.44. The van der Waals surface area contributed by atoms with E-state index >= 15 is 0 Å². The fourth-order valence-corrected chi connectivity index (χ4v) is 8.67. The lowest BCUT2D eigenvalue weighted by Crippen LogP contribution is -2.00. The highest BCUT2D eigenvalue weighted by atomic mass is 16.3. The summed E-state index contributed by atoms with van der Waals surface area (Å²) in [6, 6.07) is 65.2. The van der Waals surface area contributed by atoms with Gasteiger partial charge in [-0.3, -0.25) is 0 Å². The van der Waals surface area contributed by atoms with Crippen molar-refractivity contribution in [3.05, 3.63) is 188 Å². The fraction of sp³-hybridized carbons (Fsp3) is 0.